The zero-order chi connectivity index (χ0) is 2.00. The molecule has 0 aromatic heterocycles. The molecule has 0 spiro atoms. The van der Waals surface area contributed by atoms with Gasteiger partial charge in [-0.3, -0.25) is 0 Å². The Hall–Kier alpha value is 1.60. The summed E-state index contributed by atoms with van der Waals surface area (Å²) in [5.74, 6) is 0. The second kappa shape index (κ2) is 23.3. The minimum Gasteiger partial charge on any atom is -1.00 e. The standard InChI is InChI=1S/HNO.2Na.2H/c1-2;;;;/h1H;;;;/q;2*+1;2*-1. The van der Waals surface area contributed by atoms with Gasteiger partial charge in [0.2, 0.25) is 0 Å². The molecule has 16 valence electrons. The van der Waals surface area contributed by atoms with Crippen LogP contribution in [0.4, 0.5) is 0 Å². The second-order valence-corrected chi connectivity index (χ2v) is 0. The first kappa shape index (κ1) is 17.5. The first-order valence-corrected chi connectivity index (χ1v) is 0.204. The van der Waals surface area contributed by atoms with E-state index in [1.54, 1.807) is 0 Å². The number of hydrogen-bond donors (Lipinski definition) is 1. The SMILES string of the molecule is N=O.[H-].[H-].[Na+].[Na+]. The van der Waals surface area contributed by atoms with Gasteiger partial charge in [0.1, 0.15) is 0 Å². The van der Waals surface area contributed by atoms with E-state index in [1.807, 2.05) is 0 Å². The van der Waals surface area contributed by atoms with Crippen molar-refractivity contribution in [3.05, 3.63) is 4.91 Å². The molecular weight excluding hydrogens is 76.0 g/mol. The molecule has 0 saturated carbocycles. The summed E-state index contributed by atoms with van der Waals surface area (Å²) in [4.78, 5) is 7.50. The summed E-state index contributed by atoms with van der Waals surface area (Å²) >= 11 is 0. The Balaban J connectivity index is -0.000000000833. The maximum Gasteiger partial charge on any atom is 1.00 e. The molecule has 0 aromatic carbocycles. The van der Waals surface area contributed by atoms with Gasteiger partial charge in [-0.1, -0.05) is 5.59 Å². The molecule has 0 heterocycles. The Labute approximate surface area is 71.7 Å². The fraction of sp³-hybridized carbons (Fsp3) is 0. The summed E-state index contributed by atoms with van der Waals surface area (Å²) in [6, 6.07) is 0. The van der Waals surface area contributed by atoms with Crippen LogP contribution in [0.2, 0.25) is 0 Å². The molecule has 0 aliphatic carbocycles. The predicted molar refractivity (Wildman–Crippen MR) is 8.31 cm³/mol. The Morgan fingerprint density at radius 1 is 1.25 bits per heavy atom. The van der Waals surface area contributed by atoms with E-state index < -0.39 is 0 Å². The van der Waals surface area contributed by atoms with Gasteiger partial charge in [-0.15, -0.1) is 0 Å². The van der Waals surface area contributed by atoms with Gasteiger partial charge in [0.05, 0.1) is 0 Å². The topological polar surface area (TPSA) is 40.9 Å². The van der Waals surface area contributed by atoms with E-state index in [4.69, 9.17) is 4.91 Å². The van der Waals surface area contributed by atoms with Crippen molar-refractivity contribution in [2.24, 2.45) is 0 Å². The van der Waals surface area contributed by atoms with Crippen LogP contribution in [0.25, 0.3) is 0 Å². The first-order chi connectivity index (χ1) is 1.00. The van der Waals surface area contributed by atoms with Crippen LogP contribution in [-0.2, 0) is 0 Å². The average molecular weight is 79.0 g/mol. The zero-order valence-corrected chi connectivity index (χ0v) is 6.91. The van der Waals surface area contributed by atoms with Crippen molar-refractivity contribution in [1.82, 2.24) is 0 Å². The normalized spacial score (nSPS) is 1.00. The van der Waals surface area contributed by atoms with Crippen LogP contribution < -0.4 is 59.1 Å². The van der Waals surface area contributed by atoms with Crippen molar-refractivity contribution >= 4 is 0 Å². The minimum absolute atomic E-state index is 0. The summed E-state index contributed by atoms with van der Waals surface area (Å²) in [6.45, 7) is 0. The van der Waals surface area contributed by atoms with Crippen molar-refractivity contribution < 1.29 is 62.0 Å². The quantitative estimate of drug-likeness (QED) is 0.228. The monoisotopic (exact) mass is 79.0 g/mol. The fourth-order valence-corrected chi connectivity index (χ4v) is 0. The number of hydrogen-bond acceptors (Lipinski definition) is 2. The Morgan fingerprint density at radius 2 is 1.25 bits per heavy atom. The van der Waals surface area contributed by atoms with Crippen LogP contribution in [0, 0.1) is 10.5 Å². The maximum atomic E-state index is 7.50. The first-order valence-electron chi connectivity index (χ1n) is 0.204. The molecule has 2 nitrogen and oxygen atoms in total. The second-order valence-electron chi connectivity index (χ2n) is 0. The van der Waals surface area contributed by atoms with Crippen LogP contribution in [-0.4, -0.2) is 0 Å². The van der Waals surface area contributed by atoms with Gasteiger partial charge in [0, 0.05) is 0 Å². The molecule has 0 aromatic rings. The largest absolute Gasteiger partial charge is 1.00 e. The molecule has 0 unspecified atom stereocenters. The van der Waals surface area contributed by atoms with E-state index in [0.717, 1.165) is 0 Å². The number of nitroso groups, excluding NO2 is 1. The van der Waals surface area contributed by atoms with Crippen molar-refractivity contribution in [1.29, 1.82) is 5.59 Å². The Kier molecular flexibility index (Phi) is 102. The van der Waals surface area contributed by atoms with E-state index in [-0.39, 0.29) is 62.0 Å². The van der Waals surface area contributed by atoms with Gasteiger partial charge in [-0.25, -0.2) is 0 Å². The average Bonchev–Trinajstić information content (AvgIpc) is 1.00. The van der Waals surface area contributed by atoms with Gasteiger partial charge >= 0.3 is 59.1 Å². The molecule has 4 heavy (non-hydrogen) atoms. The summed E-state index contributed by atoms with van der Waals surface area (Å²) in [5, 5.41) is 0. The van der Waals surface area contributed by atoms with E-state index >= 15 is 0 Å². The fourth-order valence-electron chi connectivity index (χ4n) is 0. The van der Waals surface area contributed by atoms with E-state index in [2.05, 4.69) is 5.59 Å². The van der Waals surface area contributed by atoms with E-state index in [1.165, 1.54) is 0 Å². The number of nitrogens with one attached hydrogen (secondary N) is 1. The van der Waals surface area contributed by atoms with Crippen molar-refractivity contribution in [2.45, 2.75) is 0 Å². The molecule has 0 amide bonds. The third-order valence-corrected chi connectivity index (χ3v) is 0. The number of rotatable bonds is 0. The molecule has 0 aliphatic rings. The van der Waals surface area contributed by atoms with Gasteiger partial charge in [0.25, 0.3) is 0 Å². The molecule has 4 heteroatoms. The Morgan fingerprint density at radius 3 is 1.25 bits per heavy atom. The molecule has 0 bridgehead atoms. The molecule has 0 atom stereocenters. The van der Waals surface area contributed by atoms with Crippen LogP contribution in [0.5, 0.6) is 0 Å². The van der Waals surface area contributed by atoms with Gasteiger partial charge in [-0.2, -0.15) is 4.91 Å². The molecular formula is H3NNa2O. The molecule has 0 radical (unpaired) electrons. The molecule has 0 rings (SSSR count). The predicted octanol–water partition coefficient (Wildman–Crippen LogP) is -5.44. The van der Waals surface area contributed by atoms with Gasteiger partial charge in [-0.05, 0) is 0 Å². The molecule has 0 saturated heterocycles. The van der Waals surface area contributed by atoms with E-state index in [9.17, 15) is 0 Å². The van der Waals surface area contributed by atoms with E-state index in [0.29, 0.717) is 0 Å². The van der Waals surface area contributed by atoms with Crippen LogP contribution >= 0.6 is 0 Å². The summed E-state index contributed by atoms with van der Waals surface area (Å²) < 4.78 is 0. The third kappa shape index (κ3) is 9.51. The van der Waals surface area contributed by atoms with Crippen molar-refractivity contribution in [3.63, 3.8) is 0 Å². The minimum atomic E-state index is 0. The van der Waals surface area contributed by atoms with Crippen LogP contribution in [0.3, 0.4) is 0 Å². The molecule has 0 fully saturated rings. The summed E-state index contributed by atoms with van der Waals surface area (Å²) in [5.41, 5.74) is 4.50. The Bertz CT molecular complexity index is 11.5. The molecule has 0 aliphatic heterocycles. The molecule has 1 N–H and O–H groups in total. The third-order valence-electron chi connectivity index (χ3n) is 0. The smallest absolute Gasteiger partial charge is 1.00 e. The summed E-state index contributed by atoms with van der Waals surface area (Å²) in [6.07, 6.45) is 0. The van der Waals surface area contributed by atoms with Crippen LogP contribution in [0.15, 0.2) is 0 Å². The maximum absolute atomic E-state index is 7.50. The summed E-state index contributed by atoms with van der Waals surface area (Å²) in [7, 11) is 0. The van der Waals surface area contributed by atoms with Crippen molar-refractivity contribution in [2.75, 3.05) is 0 Å². The van der Waals surface area contributed by atoms with Gasteiger partial charge in [0.15, 0.2) is 0 Å². The van der Waals surface area contributed by atoms with Crippen LogP contribution in [0.1, 0.15) is 2.85 Å². The van der Waals surface area contributed by atoms with Gasteiger partial charge < -0.3 is 2.85 Å². The zero-order valence-electron chi connectivity index (χ0n) is 4.91. The van der Waals surface area contributed by atoms with Crippen molar-refractivity contribution in [3.8, 4) is 0 Å².